The first-order chi connectivity index (χ1) is 71.4. The molecule has 7 nitrogen and oxygen atoms in total. The minimum absolute atomic E-state index is 0.101. The Bertz CT molecular complexity index is 6680. The summed E-state index contributed by atoms with van der Waals surface area (Å²) in [7, 11) is -2.64. The number of Topliss-reactive ketones (excluding diaryl/α,β-unsaturated/α-hetero) is 1. The summed E-state index contributed by atoms with van der Waals surface area (Å²) in [6, 6.07) is 21.2. The minimum Gasteiger partial charge on any atom is -0.461 e. The molecule has 32 heteroatoms. The maximum absolute atomic E-state index is 12.6. The molecule has 0 aliphatic rings. The number of ketones is 1. The van der Waals surface area contributed by atoms with Crippen molar-refractivity contribution < 1.29 is 31.9 Å². The molecule has 4 unspecified atom stereocenters. The number of carbonyl (C=O) groups is 3. The van der Waals surface area contributed by atoms with Crippen molar-refractivity contribution in [1.82, 2.24) is 5.32 Å². The number of halogens is 8. The summed E-state index contributed by atoms with van der Waals surface area (Å²) in [5.74, 6) is 2.94. The van der Waals surface area contributed by atoms with E-state index in [1.807, 2.05) is 67.4 Å². The van der Waals surface area contributed by atoms with Gasteiger partial charge in [0, 0.05) is 215 Å². The fraction of sp³-hybridized carbons (Fsp3) is 0.435. The van der Waals surface area contributed by atoms with Gasteiger partial charge in [-0.15, -0.1) is 90.7 Å². The predicted octanol–water partition coefficient (Wildman–Crippen LogP) is 47.9. The number of nitrogens with one attached hydrogen (secondary N) is 1. The van der Waals surface area contributed by atoms with Crippen LogP contribution in [0.5, 0.6) is 0 Å². The van der Waals surface area contributed by atoms with E-state index in [1.165, 1.54) is 270 Å². The van der Waals surface area contributed by atoms with Crippen molar-refractivity contribution in [2.45, 2.75) is 279 Å². The number of ether oxygens (including phenoxy) is 1. The molecule has 147 heavy (non-hydrogen) atoms. The number of amides is 1. The Balaban J connectivity index is 0.000000172. The third kappa shape index (κ3) is 38.4. The summed E-state index contributed by atoms with van der Waals surface area (Å²) < 4.78 is 60.2. The lowest BCUT2D eigenvalue weighted by Gasteiger charge is -2.15. The Hall–Kier alpha value is -0.940. The van der Waals surface area contributed by atoms with Crippen LogP contribution < -0.4 is 5.32 Å². The first-order valence-electron chi connectivity index (χ1n) is 51.2. The van der Waals surface area contributed by atoms with Crippen molar-refractivity contribution in [3.05, 3.63) is 208 Å². The van der Waals surface area contributed by atoms with Gasteiger partial charge in [0.15, 0.2) is 15.6 Å². The molecule has 796 valence electrons. The largest absolute Gasteiger partial charge is 0.461 e. The van der Waals surface area contributed by atoms with Crippen molar-refractivity contribution in [1.29, 1.82) is 0 Å². The molecule has 0 bridgehead atoms. The number of thiophene rings is 16. The van der Waals surface area contributed by atoms with E-state index in [1.54, 1.807) is 118 Å². The van der Waals surface area contributed by atoms with Gasteiger partial charge in [-0.3, -0.25) is 14.0 Å². The minimum atomic E-state index is -3.14. The number of aryl methyl sites for hydroxylation is 2. The normalized spacial score (nSPS) is 12.2. The molecule has 1 N–H and O–H groups in total. The number of unbranched alkanes of at least 4 members (excludes halogenated alkanes) is 13. The van der Waals surface area contributed by atoms with Crippen LogP contribution in [0.4, 0.5) is 4.39 Å². The average Bonchev–Trinajstić information content (AvgIpc) is 1.62. The van der Waals surface area contributed by atoms with E-state index < -0.39 is 9.84 Å². The Labute approximate surface area is 1030 Å². The topological polar surface area (TPSA) is 107 Å². The van der Waals surface area contributed by atoms with E-state index in [2.05, 4.69) is 388 Å². The predicted molar refractivity (Wildman–Crippen MR) is 730 cm³/mol. The summed E-state index contributed by atoms with van der Waals surface area (Å²) in [5, 5.41) is 48.5. The maximum Gasteiger partial charge on any atom is 0.349 e. The van der Waals surface area contributed by atoms with Gasteiger partial charge in [0.1, 0.15) is 9.09 Å². The Morgan fingerprint density at radius 1 is 0.367 bits per heavy atom. The Morgan fingerprint density at radius 3 is 1.19 bits per heavy atom. The van der Waals surface area contributed by atoms with Crippen LogP contribution in [-0.4, -0.2) is 52.2 Å². The second kappa shape index (κ2) is 69.5. The zero-order valence-corrected chi connectivity index (χ0v) is 115. The van der Waals surface area contributed by atoms with E-state index >= 15 is 0 Å². The van der Waals surface area contributed by atoms with Gasteiger partial charge in [0.2, 0.25) is 0 Å². The first kappa shape index (κ1) is 128. The van der Waals surface area contributed by atoms with E-state index in [4.69, 9.17) is 4.74 Å². The molecule has 18 rings (SSSR count). The number of carbonyl (C=O) groups excluding carboxylic acids is 3. The fourth-order valence-corrected chi connectivity index (χ4v) is 45.7. The van der Waals surface area contributed by atoms with Gasteiger partial charge in [-0.1, -0.05) is 277 Å². The number of alkyl halides is 1. The number of sulfone groups is 1. The number of fused-ring (bicyclic) bond motifs is 8. The van der Waals surface area contributed by atoms with Gasteiger partial charge in [-0.2, -0.15) is 90.7 Å². The highest BCUT2D eigenvalue weighted by Crippen LogP contribution is 2.47. The molecule has 16 heterocycles. The highest BCUT2D eigenvalue weighted by atomic mass is 127. The summed E-state index contributed by atoms with van der Waals surface area (Å²) in [5.41, 5.74) is 3.78. The molecule has 0 saturated heterocycles. The van der Waals surface area contributed by atoms with Crippen LogP contribution in [0.15, 0.2) is 157 Å². The first-order valence-corrected chi connectivity index (χ1v) is 74.4. The van der Waals surface area contributed by atoms with Gasteiger partial charge in [0.05, 0.1) is 32.9 Å². The van der Waals surface area contributed by atoms with Crippen molar-refractivity contribution in [3.8, 4) is 20.9 Å². The van der Waals surface area contributed by atoms with E-state index in [-0.39, 0.29) is 17.6 Å². The molecule has 0 fully saturated rings. The highest BCUT2D eigenvalue weighted by Gasteiger charge is 2.27. The van der Waals surface area contributed by atoms with E-state index in [9.17, 15) is 27.2 Å². The van der Waals surface area contributed by atoms with Crippen LogP contribution in [-0.2, 0) is 21.0 Å². The monoisotopic (exact) mass is 3080 g/mol. The van der Waals surface area contributed by atoms with Crippen LogP contribution in [0.2, 0.25) is 0 Å². The standard InChI is InChI=1S/C16H21IOS2.C16H23NOS2.C15H21IO2S3.C15H19IO2S2.C14H19IS2.C14H17IS2.2C12H7IS2.CH3F/c1-3-5-6-11(4-2)7-8-13(18)16-15(17)12-9-19-10-14(12)20-16;1-4-6-7-12(5-2)8-17-16(18)15-11(3)13-9-19-10-14(13)20-15;1-3-5-6-11(4-2)7-8-21(17,18)15-14(16)12-9-19-10-13(12)20-15;1-3-5-6-10(4-2)7-18-15(17)14-13(16)11-8-19-9-12(11)20-14;2*1-2-3-4-5-6-7-8-12-14(15)11-9-16-10-13(11)17-12;2*13-11-9-6-14-7-10(9)15-12(11)8-4-2-1-3-5-8;1-2/h9-11H,3-8H2,1-2H3;9-10,12H,4-8H2,1-3H3,(H,17,18);9-11H,3-8H2,1-2H3;8-10H,3-7H2,1-2H3;9-10H,2-8H2,1H3;7-10H,2-6H2,1H3;2*1-7H;1H3/b;;;;;8-7+;;;. The van der Waals surface area contributed by atoms with Gasteiger partial charge in [-0.05, 0) is 268 Å². The van der Waals surface area contributed by atoms with E-state index in [0.717, 1.165) is 98.4 Å². The highest BCUT2D eigenvalue weighted by molar-refractivity contribution is 14.1. The van der Waals surface area contributed by atoms with Crippen molar-refractivity contribution in [3.63, 3.8) is 0 Å². The smallest absolute Gasteiger partial charge is 0.349 e. The maximum atomic E-state index is 12.6. The number of esters is 1. The number of allylic oxidation sites excluding steroid dienone is 1. The third-order valence-electron chi connectivity index (χ3n) is 25.6. The van der Waals surface area contributed by atoms with Gasteiger partial charge < -0.3 is 10.1 Å². The second-order valence-corrected chi connectivity index (χ2v) is 60.4. The molecule has 0 saturated carbocycles. The van der Waals surface area contributed by atoms with Crippen LogP contribution in [0.1, 0.15) is 306 Å². The summed E-state index contributed by atoms with van der Waals surface area (Å²) >= 11 is 44.5. The molecule has 4 atom stereocenters. The molecule has 0 spiro atoms. The average molecular weight is 3080 g/mol. The lowest BCUT2D eigenvalue weighted by Crippen LogP contribution is -2.29. The summed E-state index contributed by atoms with van der Waals surface area (Å²) in [6.45, 7) is 25.6. The zero-order chi connectivity index (χ0) is 106. The Morgan fingerprint density at radius 2 is 0.741 bits per heavy atom. The number of hydrogen-bond acceptors (Lipinski definition) is 22. The molecule has 0 aliphatic heterocycles. The molecule has 2 aromatic carbocycles. The van der Waals surface area contributed by atoms with Crippen molar-refractivity contribution in [2.24, 2.45) is 23.7 Å². The van der Waals surface area contributed by atoms with Gasteiger partial charge >= 0.3 is 5.97 Å². The van der Waals surface area contributed by atoms with E-state index in [0.29, 0.717) is 48.0 Å². The lowest BCUT2D eigenvalue weighted by atomic mass is 9.93. The molecule has 1 amide bonds. The Kier molecular flexibility index (Phi) is 60.5. The number of benzene rings is 2. The molecule has 18 aromatic rings. The number of hydrogen-bond donors (Lipinski definition) is 1. The van der Waals surface area contributed by atoms with Crippen molar-refractivity contribution in [2.75, 3.05) is 26.1 Å². The van der Waals surface area contributed by atoms with Gasteiger partial charge in [-0.25, -0.2) is 13.2 Å². The van der Waals surface area contributed by atoms with Crippen LogP contribution in [0, 0.1) is 55.6 Å². The molecule has 16 aromatic heterocycles. The molecule has 0 aliphatic carbocycles. The summed E-state index contributed by atoms with van der Waals surface area (Å²) in [4.78, 5) is 45.4. The molecular weight excluding hydrogens is 2940 g/mol. The quantitative estimate of drug-likeness (QED) is 0.0176. The SMILES string of the molecule is CCCCC(CC)CCC(=O)c1sc2cscc2c1I.CCCCC(CC)CCS(=O)(=O)c1sc2cscc2c1I.CCCCC(CC)CNC(=O)c1sc2cscc2c1C.CCCCC(CC)COC(=O)c1sc2cscc2c1I.CCCCCC/C=C/c1sc2cscc2c1I.CCCCCCCCc1sc2cscc2c1I.CF.Ic1c(-c2ccccc2)sc2cscc12.Ic1c(-c2ccccc2)sc2cscc12. The summed E-state index contributed by atoms with van der Waals surface area (Å²) in [6.07, 6.45) is 42.6. The second-order valence-electron chi connectivity index (χ2n) is 36.1. The fourth-order valence-electron chi connectivity index (χ4n) is 16.5. The van der Waals surface area contributed by atoms with Crippen LogP contribution >= 0.6 is 340 Å². The van der Waals surface area contributed by atoms with Gasteiger partial charge in [0.25, 0.3) is 5.91 Å². The zero-order valence-electron chi connectivity index (χ0n) is 85.9. The molecular formula is C115H137FI7NO6S17. The number of rotatable bonds is 45. The lowest BCUT2D eigenvalue weighted by molar-refractivity contribution is 0.0432. The molecule has 0 radical (unpaired) electrons. The van der Waals surface area contributed by atoms with Crippen LogP contribution in [0.25, 0.3) is 108 Å². The third-order valence-corrected chi connectivity index (χ3v) is 55.4. The van der Waals surface area contributed by atoms with Crippen LogP contribution in [0.3, 0.4) is 0 Å². The van der Waals surface area contributed by atoms with Crippen molar-refractivity contribution >= 4 is 454 Å².